The van der Waals surface area contributed by atoms with Gasteiger partial charge in [0, 0.05) is 28.9 Å². The van der Waals surface area contributed by atoms with E-state index in [-0.39, 0.29) is 0 Å². The molecule has 0 spiro atoms. The predicted molar refractivity (Wildman–Crippen MR) is 99.6 cm³/mol. The quantitative estimate of drug-likeness (QED) is 0.577. The molecule has 2 heterocycles. The zero-order valence-electron chi connectivity index (χ0n) is 13.3. The highest BCUT2D eigenvalue weighted by atomic mass is 35.5. The molecule has 0 amide bonds. The van der Waals surface area contributed by atoms with Gasteiger partial charge in [-0.25, -0.2) is 9.97 Å². The van der Waals surface area contributed by atoms with Gasteiger partial charge in [0.1, 0.15) is 11.3 Å². The second-order valence-corrected chi connectivity index (χ2v) is 6.13. The maximum absolute atomic E-state index is 6.50. The van der Waals surface area contributed by atoms with Crippen LogP contribution in [-0.4, -0.2) is 21.4 Å². The molecule has 0 fully saturated rings. The third-order valence-electron chi connectivity index (χ3n) is 4.26. The van der Waals surface area contributed by atoms with Gasteiger partial charge in [0.15, 0.2) is 0 Å². The number of hydrogen-bond acceptors (Lipinski definition) is 4. The van der Waals surface area contributed by atoms with Gasteiger partial charge < -0.3 is 11.1 Å². The monoisotopic (exact) mass is 337 g/mol. The van der Waals surface area contributed by atoms with Crippen molar-refractivity contribution in [3.8, 4) is 11.1 Å². The number of nitrogens with two attached hydrogens (primary N) is 1. The molecule has 0 aliphatic rings. The van der Waals surface area contributed by atoms with Crippen LogP contribution < -0.4 is 11.1 Å². The fourth-order valence-corrected chi connectivity index (χ4v) is 3.41. The SMILES string of the molecule is CNc1cc(-c2c(C)cccc2Cl)c2nc(N)c3cncn3c2c1. The number of anilines is 2. The number of nitrogens with zero attached hydrogens (tertiary/aromatic N) is 3. The molecule has 0 bridgehead atoms. The first-order chi connectivity index (χ1) is 11.6. The molecule has 0 saturated carbocycles. The Morgan fingerprint density at radius 1 is 1.21 bits per heavy atom. The lowest BCUT2D eigenvalue weighted by Gasteiger charge is -2.15. The molecular formula is C18H16ClN5. The van der Waals surface area contributed by atoms with Crippen molar-refractivity contribution >= 4 is 39.7 Å². The zero-order valence-corrected chi connectivity index (χ0v) is 14.1. The van der Waals surface area contributed by atoms with Gasteiger partial charge in [-0.05, 0) is 30.7 Å². The van der Waals surface area contributed by atoms with Crippen LogP contribution in [-0.2, 0) is 0 Å². The van der Waals surface area contributed by atoms with E-state index < -0.39 is 0 Å². The molecule has 5 nitrogen and oxygen atoms in total. The lowest BCUT2D eigenvalue weighted by Crippen LogP contribution is -2.01. The van der Waals surface area contributed by atoms with Crippen LogP contribution in [0.25, 0.3) is 27.7 Å². The highest BCUT2D eigenvalue weighted by Crippen LogP contribution is 2.38. The third-order valence-corrected chi connectivity index (χ3v) is 4.58. The first-order valence-corrected chi connectivity index (χ1v) is 7.96. The van der Waals surface area contributed by atoms with E-state index in [1.54, 1.807) is 12.5 Å². The van der Waals surface area contributed by atoms with Crippen LogP contribution in [0.2, 0.25) is 5.02 Å². The number of rotatable bonds is 2. The highest BCUT2D eigenvalue weighted by molar-refractivity contribution is 6.34. The smallest absolute Gasteiger partial charge is 0.150 e. The molecule has 0 aliphatic heterocycles. The van der Waals surface area contributed by atoms with E-state index in [0.717, 1.165) is 38.9 Å². The Bertz CT molecular complexity index is 1060. The van der Waals surface area contributed by atoms with Gasteiger partial charge in [-0.15, -0.1) is 0 Å². The Kier molecular flexibility index (Phi) is 3.32. The minimum Gasteiger partial charge on any atom is -0.388 e. The van der Waals surface area contributed by atoms with E-state index >= 15 is 0 Å². The molecule has 0 aliphatic carbocycles. The molecule has 6 heteroatoms. The third kappa shape index (κ3) is 2.09. The second kappa shape index (κ2) is 5.39. The molecule has 24 heavy (non-hydrogen) atoms. The summed E-state index contributed by atoms with van der Waals surface area (Å²) in [7, 11) is 1.89. The van der Waals surface area contributed by atoms with Crippen LogP contribution in [0, 0.1) is 6.92 Å². The number of fused-ring (bicyclic) bond motifs is 3. The van der Waals surface area contributed by atoms with Gasteiger partial charge in [-0.3, -0.25) is 4.40 Å². The molecule has 4 rings (SSSR count). The largest absolute Gasteiger partial charge is 0.388 e. The maximum Gasteiger partial charge on any atom is 0.150 e. The van der Waals surface area contributed by atoms with Crippen LogP contribution in [0.5, 0.6) is 0 Å². The fourth-order valence-electron chi connectivity index (χ4n) is 3.08. The van der Waals surface area contributed by atoms with Crippen molar-refractivity contribution in [3.05, 3.63) is 53.4 Å². The topological polar surface area (TPSA) is 68.2 Å². The Morgan fingerprint density at radius 3 is 2.79 bits per heavy atom. The van der Waals surface area contributed by atoms with Crippen molar-refractivity contribution in [1.82, 2.24) is 14.4 Å². The van der Waals surface area contributed by atoms with E-state index in [0.29, 0.717) is 10.8 Å². The Balaban J connectivity index is 2.21. The Morgan fingerprint density at radius 2 is 2.04 bits per heavy atom. The van der Waals surface area contributed by atoms with Gasteiger partial charge in [0.2, 0.25) is 0 Å². The van der Waals surface area contributed by atoms with Gasteiger partial charge in [-0.2, -0.15) is 0 Å². The standard InChI is InChI=1S/C18H16ClN5/c1-10-4-3-5-13(19)16(10)12-6-11(21-2)7-14-17(12)23-18(20)15-8-22-9-24(14)15/h3-9,21H,1-2H3,(H2,20,23). The molecular weight excluding hydrogens is 322 g/mol. The summed E-state index contributed by atoms with van der Waals surface area (Å²) in [6, 6.07) is 9.96. The van der Waals surface area contributed by atoms with Crippen LogP contribution in [0.15, 0.2) is 42.9 Å². The van der Waals surface area contributed by atoms with Crippen molar-refractivity contribution in [2.24, 2.45) is 0 Å². The molecule has 120 valence electrons. The lowest BCUT2D eigenvalue weighted by molar-refractivity contribution is 1.19. The molecule has 0 radical (unpaired) electrons. The minimum absolute atomic E-state index is 0.447. The number of imidazole rings is 1. The van der Waals surface area contributed by atoms with E-state index in [1.807, 2.05) is 48.7 Å². The summed E-state index contributed by atoms with van der Waals surface area (Å²) < 4.78 is 1.95. The van der Waals surface area contributed by atoms with Crippen LogP contribution >= 0.6 is 11.6 Å². The summed E-state index contributed by atoms with van der Waals surface area (Å²) in [5.41, 5.74) is 12.6. The number of halogens is 1. The van der Waals surface area contributed by atoms with Gasteiger partial charge >= 0.3 is 0 Å². The van der Waals surface area contributed by atoms with Gasteiger partial charge in [0.05, 0.1) is 23.6 Å². The van der Waals surface area contributed by atoms with Crippen molar-refractivity contribution in [2.45, 2.75) is 6.92 Å². The van der Waals surface area contributed by atoms with Gasteiger partial charge in [-0.1, -0.05) is 23.7 Å². The fraction of sp³-hybridized carbons (Fsp3) is 0.111. The van der Waals surface area contributed by atoms with E-state index in [9.17, 15) is 0 Å². The molecule has 3 N–H and O–H groups in total. The maximum atomic E-state index is 6.50. The normalized spacial score (nSPS) is 11.3. The lowest BCUT2D eigenvalue weighted by atomic mass is 9.98. The molecule has 0 saturated heterocycles. The average Bonchev–Trinajstić information content (AvgIpc) is 3.05. The van der Waals surface area contributed by atoms with Crippen molar-refractivity contribution in [3.63, 3.8) is 0 Å². The van der Waals surface area contributed by atoms with Crippen molar-refractivity contribution in [2.75, 3.05) is 18.1 Å². The predicted octanol–water partition coefficient (Wildman–Crippen LogP) is 4.14. The molecule has 0 atom stereocenters. The van der Waals surface area contributed by atoms with Crippen molar-refractivity contribution in [1.29, 1.82) is 0 Å². The summed E-state index contributed by atoms with van der Waals surface area (Å²) in [5, 5.41) is 3.89. The average molecular weight is 338 g/mol. The number of hydrogen-bond donors (Lipinski definition) is 2. The number of nitrogen functional groups attached to an aromatic ring is 1. The summed E-state index contributed by atoms with van der Waals surface area (Å²) in [6.45, 7) is 2.04. The Hall–Kier alpha value is -2.79. The minimum atomic E-state index is 0.447. The number of nitrogens with one attached hydrogen (secondary N) is 1. The van der Waals surface area contributed by atoms with E-state index in [1.165, 1.54) is 0 Å². The summed E-state index contributed by atoms with van der Waals surface area (Å²) in [5.74, 6) is 0.447. The number of benzene rings is 2. The molecule has 2 aromatic heterocycles. The molecule has 4 aromatic rings. The summed E-state index contributed by atoms with van der Waals surface area (Å²) in [6.07, 6.45) is 3.46. The zero-order chi connectivity index (χ0) is 16.8. The van der Waals surface area contributed by atoms with Crippen LogP contribution in [0.3, 0.4) is 0 Å². The Labute approximate surface area is 144 Å². The highest BCUT2D eigenvalue weighted by Gasteiger charge is 2.16. The molecule has 2 aromatic carbocycles. The van der Waals surface area contributed by atoms with Crippen LogP contribution in [0.1, 0.15) is 5.56 Å². The number of aromatic nitrogens is 3. The molecule has 0 unspecified atom stereocenters. The first kappa shape index (κ1) is 14.8. The van der Waals surface area contributed by atoms with E-state index in [4.69, 9.17) is 17.3 Å². The van der Waals surface area contributed by atoms with Crippen LogP contribution in [0.4, 0.5) is 11.5 Å². The number of aryl methyl sites for hydroxylation is 1. The first-order valence-electron chi connectivity index (χ1n) is 7.58. The van der Waals surface area contributed by atoms with Crippen molar-refractivity contribution < 1.29 is 0 Å². The summed E-state index contributed by atoms with van der Waals surface area (Å²) >= 11 is 6.50. The van der Waals surface area contributed by atoms with Gasteiger partial charge in [0.25, 0.3) is 0 Å². The van der Waals surface area contributed by atoms with E-state index in [2.05, 4.69) is 15.3 Å². The summed E-state index contributed by atoms with van der Waals surface area (Å²) in [4.78, 5) is 8.84. The second-order valence-electron chi connectivity index (χ2n) is 5.72.